The van der Waals surface area contributed by atoms with Crippen LogP contribution in [0.5, 0.6) is 0 Å². The molecular weight excluding hydrogens is 266 g/mol. The van der Waals surface area contributed by atoms with Crippen molar-refractivity contribution in [1.29, 1.82) is 0 Å². The van der Waals surface area contributed by atoms with Gasteiger partial charge in [-0.25, -0.2) is 9.78 Å². The summed E-state index contributed by atoms with van der Waals surface area (Å²) >= 11 is 0. The Bertz CT molecular complexity index is 498. The zero-order chi connectivity index (χ0) is 15.0. The van der Waals surface area contributed by atoms with Gasteiger partial charge in [0.05, 0.1) is 0 Å². The Morgan fingerprint density at radius 3 is 2.38 bits per heavy atom. The smallest absolute Gasteiger partial charge is 0.410 e. The second-order valence-corrected chi connectivity index (χ2v) is 7.00. The van der Waals surface area contributed by atoms with Crippen LogP contribution in [-0.2, 0) is 4.74 Å². The van der Waals surface area contributed by atoms with Crippen molar-refractivity contribution in [2.75, 3.05) is 31.1 Å². The number of hydrogen-bond donors (Lipinski definition) is 0. The van der Waals surface area contributed by atoms with E-state index in [1.807, 2.05) is 50.1 Å². The maximum absolute atomic E-state index is 12.1. The third kappa shape index (κ3) is 3.12. The number of rotatable bonds is 1. The molecule has 114 valence electrons. The maximum atomic E-state index is 12.1. The Hall–Kier alpha value is -1.78. The van der Waals surface area contributed by atoms with E-state index in [2.05, 4.69) is 9.88 Å². The lowest BCUT2D eigenvalue weighted by Crippen LogP contribution is -2.37. The van der Waals surface area contributed by atoms with E-state index >= 15 is 0 Å². The Kier molecular flexibility index (Phi) is 3.51. The third-order valence-electron chi connectivity index (χ3n) is 4.11. The summed E-state index contributed by atoms with van der Waals surface area (Å²) < 4.78 is 5.46. The van der Waals surface area contributed by atoms with Crippen molar-refractivity contribution < 1.29 is 9.53 Å². The first-order chi connectivity index (χ1) is 9.92. The second kappa shape index (κ2) is 5.20. The number of pyridine rings is 1. The number of likely N-dealkylation sites (tertiary alicyclic amines) is 1. The molecule has 1 amide bonds. The molecule has 1 aromatic heterocycles. The van der Waals surface area contributed by atoms with Gasteiger partial charge in [-0.2, -0.15) is 0 Å². The lowest BCUT2D eigenvalue weighted by atomic mass is 10.0. The molecule has 2 aliphatic heterocycles. The van der Waals surface area contributed by atoms with Crippen LogP contribution in [0.3, 0.4) is 0 Å². The molecule has 2 aliphatic rings. The molecule has 5 heteroatoms. The third-order valence-corrected chi connectivity index (χ3v) is 4.11. The van der Waals surface area contributed by atoms with Crippen LogP contribution in [0.2, 0.25) is 0 Å². The summed E-state index contributed by atoms with van der Waals surface area (Å²) in [5.74, 6) is 2.09. The Balaban J connectivity index is 1.58. The van der Waals surface area contributed by atoms with E-state index in [1.54, 1.807) is 0 Å². The highest BCUT2D eigenvalue weighted by molar-refractivity contribution is 5.68. The van der Waals surface area contributed by atoms with Crippen LogP contribution < -0.4 is 4.90 Å². The minimum Gasteiger partial charge on any atom is -0.444 e. The highest BCUT2D eigenvalue weighted by Gasteiger charge is 2.42. The molecule has 5 nitrogen and oxygen atoms in total. The SMILES string of the molecule is CC(C)(C)OC(=O)N1C[C@@H]2CN(c3ccccn3)C[C@@H]2C1. The molecule has 1 aromatic rings. The molecule has 0 aliphatic carbocycles. The van der Waals surface area contributed by atoms with Crippen LogP contribution in [-0.4, -0.2) is 47.8 Å². The predicted octanol–water partition coefficient (Wildman–Crippen LogP) is 2.38. The van der Waals surface area contributed by atoms with E-state index in [4.69, 9.17) is 4.74 Å². The van der Waals surface area contributed by atoms with Gasteiger partial charge in [-0.3, -0.25) is 0 Å². The molecule has 21 heavy (non-hydrogen) atoms. The van der Waals surface area contributed by atoms with E-state index in [-0.39, 0.29) is 6.09 Å². The summed E-state index contributed by atoms with van der Waals surface area (Å²) in [5.41, 5.74) is -0.422. The van der Waals surface area contributed by atoms with E-state index < -0.39 is 5.60 Å². The summed E-state index contributed by atoms with van der Waals surface area (Å²) in [6.45, 7) is 9.26. The molecule has 2 fully saturated rings. The molecule has 0 bridgehead atoms. The van der Waals surface area contributed by atoms with Crippen molar-refractivity contribution in [3.63, 3.8) is 0 Å². The zero-order valence-corrected chi connectivity index (χ0v) is 13.0. The summed E-state index contributed by atoms with van der Waals surface area (Å²) in [6.07, 6.45) is 1.65. The Morgan fingerprint density at radius 1 is 1.19 bits per heavy atom. The molecule has 0 N–H and O–H groups in total. The highest BCUT2D eigenvalue weighted by atomic mass is 16.6. The monoisotopic (exact) mass is 289 g/mol. The van der Waals surface area contributed by atoms with Crippen molar-refractivity contribution in [2.45, 2.75) is 26.4 Å². The number of hydrogen-bond acceptors (Lipinski definition) is 4. The highest BCUT2D eigenvalue weighted by Crippen LogP contribution is 2.33. The number of amides is 1. The van der Waals surface area contributed by atoms with Crippen LogP contribution in [0, 0.1) is 11.8 Å². The van der Waals surface area contributed by atoms with Crippen molar-refractivity contribution in [3.05, 3.63) is 24.4 Å². The molecule has 0 aromatic carbocycles. The van der Waals surface area contributed by atoms with Gasteiger partial charge >= 0.3 is 6.09 Å². The van der Waals surface area contributed by atoms with Crippen LogP contribution in [0.15, 0.2) is 24.4 Å². The van der Waals surface area contributed by atoms with Crippen LogP contribution in [0.4, 0.5) is 10.6 Å². The van der Waals surface area contributed by atoms with Gasteiger partial charge in [-0.1, -0.05) is 6.07 Å². The minimum atomic E-state index is -0.422. The molecule has 3 heterocycles. The van der Waals surface area contributed by atoms with Gasteiger partial charge in [0.2, 0.25) is 0 Å². The van der Waals surface area contributed by atoms with Gasteiger partial charge in [0.15, 0.2) is 0 Å². The molecule has 2 saturated heterocycles. The number of nitrogens with zero attached hydrogens (tertiary/aromatic N) is 3. The van der Waals surface area contributed by atoms with Crippen LogP contribution in [0.25, 0.3) is 0 Å². The lowest BCUT2D eigenvalue weighted by molar-refractivity contribution is 0.0282. The number of carbonyl (C=O) groups is 1. The molecule has 0 unspecified atom stereocenters. The van der Waals surface area contributed by atoms with Crippen molar-refractivity contribution >= 4 is 11.9 Å². The molecule has 3 rings (SSSR count). The fourth-order valence-electron chi connectivity index (χ4n) is 3.20. The maximum Gasteiger partial charge on any atom is 0.410 e. The molecule has 0 spiro atoms. The van der Waals surface area contributed by atoms with Crippen LogP contribution >= 0.6 is 0 Å². The average molecular weight is 289 g/mol. The first-order valence-electron chi connectivity index (χ1n) is 7.56. The number of ether oxygens (including phenoxy) is 1. The minimum absolute atomic E-state index is 0.179. The van der Waals surface area contributed by atoms with Crippen molar-refractivity contribution in [3.8, 4) is 0 Å². The van der Waals surface area contributed by atoms with E-state index in [1.165, 1.54) is 0 Å². The van der Waals surface area contributed by atoms with Gasteiger partial charge in [0.1, 0.15) is 11.4 Å². The summed E-state index contributed by atoms with van der Waals surface area (Å²) in [5, 5.41) is 0. The Labute approximate surface area is 125 Å². The standard InChI is InChI=1S/C16H23N3O2/c1-16(2,3)21-15(20)19-10-12-8-18(9-13(12)11-19)14-6-4-5-7-17-14/h4-7,12-13H,8-11H2,1-3H3/t12-,13+. The van der Waals surface area contributed by atoms with Gasteiger partial charge < -0.3 is 14.5 Å². The van der Waals surface area contributed by atoms with E-state index in [0.717, 1.165) is 32.0 Å². The van der Waals surface area contributed by atoms with Crippen molar-refractivity contribution in [2.24, 2.45) is 11.8 Å². The largest absolute Gasteiger partial charge is 0.444 e. The molecule has 0 saturated carbocycles. The molecule has 2 atom stereocenters. The fourth-order valence-corrected chi connectivity index (χ4v) is 3.20. The quantitative estimate of drug-likeness (QED) is 0.796. The summed E-state index contributed by atoms with van der Waals surface area (Å²) in [6, 6.07) is 6.00. The normalized spacial score (nSPS) is 25.1. The zero-order valence-electron chi connectivity index (χ0n) is 13.0. The summed E-state index contributed by atoms with van der Waals surface area (Å²) in [4.78, 5) is 20.7. The topological polar surface area (TPSA) is 45.7 Å². The number of aromatic nitrogens is 1. The van der Waals surface area contributed by atoms with Gasteiger partial charge in [0.25, 0.3) is 0 Å². The van der Waals surface area contributed by atoms with E-state index in [9.17, 15) is 4.79 Å². The number of carbonyl (C=O) groups excluding carboxylic acids is 1. The lowest BCUT2D eigenvalue weighted by Gasteiger charge is -2.26. The average Bonchev–Trinajstić information content (AvgIpc) is 2.95. The fraction of sp³-hybridized carbons (Fsp3) is 0.625. The first-order valence-corrected chi connectivity index (χ1v) is 7.56. The number of fused-ring (bicyclic) bond motifs is 1. The number of anilines is 1. The van der Waals surface area contributed by atoms with Crippen molar-refractivity contribution in [1.82, 2.24) is 9.88 Å². The Morgan fingerprint density at radius 2 is 1.86 bits per heavy atom. The first kappa shape index (κ1) is 14.2. The summed E-state index contributed by atoms with van der Waals surface area (Å²) in [7, 11) is 0. The van der Waals surface area contributed by atoms with Gasteiger partial charge in [0, 0.05) is 44.2 Å². The molecule has 0 radical (unpaired) electrons. The molecular formula is C16H23N3O2. The van der Waals surface area contributed by atoms with E-state index in [0.29, 0.717) is 11.8 Å². The van der Waals surface area contributed by atoms with Gasteiger partial charge in [-0.05, 0) is 32.9 Å². The second-order valence-electron chi connectivity index (χ2n) is 7.00. The predicted molar refractivity (Wildman–Crippen MR) is 81.2 cm³/mol. The van der Waals surface area contributed by atoms with Crippen LogP contribution in [0.1, 0.15) is 20.8 Å². The van der Waals surface area contributed by atoms with Gasteiger partial charge in [-0.15, -0.1) is 0 Å².